The Morgan fingerprint density at radius 3 is 3.06 bits per heavy atom. The maximum Gasteiger partial charge on any atom is 0.272 e. The van der Waals surface area contributed by atoms with E-state index in [1.807, 2.05) is 23.8 Å². The Balaban J connectivity index is 2.20. The van der Waals surface area contributed by atoms with Crippen LogP contribution in [0.3, 0.4) is 0 Å². The van der Waals surface area contributed by atoms with Gasteiger partial charge in [-0.1, -0.05) is 11.6 Å². The molecule has 2 rings (SSSR count). The summed E-state index contributed by atoms with van der Waals surface area (Å²) in [5.74, 6) is -0.188. The Morgan fingerprint density at radius 1 is 1.53 bits per heavy atom. The zero-order valence-corrected chi connectivity index (χ0v) is 10.1. The number of amides is 1. The molecule has 0 aliphatic rings. The molecule has 0 aromatic carbocycles. The summed E-state index contributed by atoms with van der Waals surface area (Å²) in [7, 11) is 0. The molecule has 0 unspecified atom stereocenters. The lowest BCUT2D eigenvalue weighted by Gasteiger charge is -2.08. The van der Waals surface area contributed by atoms with Gasteiger partial charge in [0.25, 0.3) is 5.91 Å². The Kier molecular flexibility index (Phi) is 3.44. The number of aromatic nitrogens is 2. The average molecular weight is 250 g/mol. The lowest BCUT2D eigenvalue weighted by atomic mass is 10.3. The number of hydrogen-bond acceptors (Lipinski definition) is 2. The van der Waals surface area contributed by atoms with Crippen LogP contribution in [0.5, 0.6) is 0 Å². The van der Waals surface area contributed by atoms with Crippen LogP contribution in [-0.4, -0.2) is 15.5 Å². The summed E-state index contributed by atoms with van der Waals surface area (Å²) in [6, 6.07) is 5.24. The van der Waals surface area contributed by atoms with E-state index < -0.39 is 0 Å². The smallest absolute Gasteiger partial charge is 0.272 e. The van der Waals surface area contributed by atoms with Gasteiger partial charge in [0.2, 0.25) is 0 Å². The van der Waals surface area contributed by atoms with E-state index >= 15 is 0 Å². The fourth-order valence-electron chi connectivity index (χ4n) is 1.55. The normalized spacial score (nSPS) is 10.2. The Morgan fingerprint density at radius 2 is 2.35 bits per heavy atom. The van der Waals surface area contributed by atoms with Crippen LogP contribution in [-0.2, 0) is 6.54 Å². The molecule has 1 N–H and O–H groups in total. The number of rotatable bonds is 3. The zero-order chi connectivity index (χ0) is 12.3. The van der Waals surface area contributed by atoms with Gasteiger partial charge in [-0.15, -0.1) is 0 Å². The SMILES string of the molecule is CCn1cccc1C(=O)Nc1cnccc1Cl. The van der Waals surface area contributed by atoms with Crippen molar-refractivity contribution < 1.29 is 4.79 Å². The summed E-state index contributed by atoms with van der Waals surface area (Å²) < 4.78 is 1.86. The van der Waals surface area contributed by atoms with Crippen molar-refractivity contribution in [2.45, 2.75) is 13.5 Å². The molecule has 0 saturated carbocycles. The topological polar surface area (TPSA) is 46.9 Å². The number of hydrogen-bond donors (Lipinski definition) is 1. The Hall–Kier alpha value is -1.81. The molecule has 0 atom stereocenters. The molecule has 2 aromatic rings. The average Bonchev–Trinajstić information content (AvgIpc) is 2.80. The minimum absolute atomic E-state index is 0.188. The maximum absolute atomic E-state index is 12.0. The zero-order valence-electron chi connectivity index (χ0n) is 9.35. The van der Waals surface area contributed by atoms with Crippen LogP contribution in [0.2, 0.25) is 5.02 Å². The highest BCUT2D eigenvalue weighted by Gasteiger charge is 2.11. The van der Waals surface area contributed by atoms with Crippen molar-refractivity contribution in [3.05, 3.63) is 47.5 Å². The summed E-state index contributed by atoms with van der Waals surface area (Å²) in [6.45, 7) is 2.73. The van der Waals surface area contributed by atoms with Gasteiger partial charge in [-0.25, -0.2) is 0 Å². The standard InChI is InChI=1S/C12H12ClN3O/c1-2-16-7-3-4-11(16)12(17)15-10-8-14-6-5-9(10)13/h3-8H,2H2,1H3,(H,15,17). The molecular formula is C12H12ClN3O. The highest BCUT2D eigenvalue weighted by molar-refractivity contribution is 6.33. The van der Waals surface area contributed by atoms with E-state index in [4.69, 9.17) is 11.6 Å². The van der Waals surface area contributed by atoms with E-state index in [1.54, 1.807) is 18.3 Å². The maximum atomic E-state index is 12.0. The molecule has 1 amide bonds. The second-order valence-corrected chi connectivity index (χ2v) is 3.90. The Bertz CT molecular complexity index is 536. The van der Waals surface area contributed by atoms with Crippen LogP contribution in [0.25, 0.3) is 0 Å². The summed E-state index contributed by atoms with van der Waals surface area (Å²) in [5.41, 5.74) is 1.12. The molecule has 5 heteroatoms. The minimum Gasteiger partial charge on any atom is -0.344 e. The predicted octanol–water partition coefficient (Wildman–Crippen LogP) is 2.81. The quantitative estimate of drug-likeness (QED) is 0.909. The first-order chi connectivity index (χ1) is 8.22. The first kappa shape index (κ1) is 11.7. The van der Waals surface area contributed by atoms with Gasteiger partial charge in [-0.05, 0) is 25.1 Å². The highest BCUT2D eigenvalue weighted by atomic mass is 35.5. The van der Waals surface area contributed by atoms with Crippen molar-refractivity contribution >= 4 is 23.2 Å². The molecule has 17 heavy (non-hydrogen) atoms. The van der Waals surface area contributed by atoms with E-state index in [-0.39, 0.29) is 5.91 Å². The van der Waals surface area contributed by atoms with Crippen LogP contribution >= 0.6 is 11.6 Å². The van der Waals surface area contributed by atoms with Gasteiger partial charge in [0.1, 0.15) is 5.69 Å². The third kappa shape index (κ3) is 2.47. The lowest BCUT2D eigenvalue weighted by Crippen LogP contribution is -2.16. The van der Waals surface area contributed by atoms with Crippen LogP contribution < -0.4 is 5.32 Å². The van der Waals surface area contributed by atoms with E-state index in [0.29, 0.717) is 16.4 Å². The van der Waals surface area contributed by atoms with Crippen molar-refractivity contribution in [2.24, 2.45) is 0 Å². The largest absolute Gasteiger partial charge is 0.344 e. The number of halogens is 1. The highest BCUT2D eigenvalue weighted by Crippen LogP contribution is 2.19. The van der Waals surface area contributed by atoms with E-state index in [1.165, 1.54) is 6.20 Å². The first-order valence-electron chi connectivity index (χ1n) is 5.28. The number of carbonyl (C=O) groups is 1. The van der Waals surface area contributed by atoms with Gasteiger partial charge >= 0.3 is 0 Å². The summed E-state index contributed by atoms with van der Waals surface area (Å²) in [4.78, 5) is 15.9. The number of aryl methyl sites for hydroxylation is 1. The molecule has 2 heterocycles. The summed E-state index contributed by atoms with van der Waals surface area (Å²) >= 11 is 5.94. The van der Waals surface area contributed by atoms with Crippen molar-refractivity contribution in [3.8, 4) is 0 Å². The fraction of sp³-hybridized carbons (Fsp3) is 0.167. The number of nitrogens with zero attached hydrogens (tertiary/aromatic N) is 2. The van der Waals surface area contributed by atoms with Crippen LogP contribution in [0.15, 0.2) is 36.8 Å². The minimum atomic E-state index is -0.188. The molecule has 4 nitrogen and oxygen atoms in total. The molecule has 2 aromatic heterocycles. The predicted molar refractivity (Wildman–Crippen MR) is 67.3 cm³/mol. The molecular weight excluding hydrogens is 238 g/mol. The number of nitrogens with one attached hydrogen (secondary N) is 1. The van der Waals surface area contributed by atoms with Crippen LogP contribution in [0, 0.1) is 0 Å². The van der Waals surface area contributed by atoms with Gasteiger partial charge in [-0.2, -0.15) is 0 Å². The van der Waals surface area contributed by atoms with Crippen molar-refractivity contribution in [1.29, 1.82) is 0 Å². The third-order valence-electron chi connectivity index (χ3n) is 2.42. The summed E-state index contributed by atoms with van der Waals surface area (Å²) in [6.07, 6.45) is 4.96. The second kappa shape index (κ2) is 5.01. The van der Waals surface area contributed by atoms with E-state index in [0.717, 1.165) is 6.54 Å². The molecule has 0 radical (unpaired) electrons. The lowest BCUT2D eigenvalue weighted by molar-refractivity contribution is 0.101. The molecule has 0 spiro atoms. The molecule has 0 saturated heterocycles. The molecule has 0 bridgehead atoms. The summed E-state index contributed by atoms with van der Waals surface area (Å²) in [5, 5.41) is 3.21. The molecule has 0 fully saturated rings. The third-order valence-corrected chi connectivity index (χ3v) is 2.75. The van der Waals surface area contributed by atoms with Crippen molar-refractivity contribution in [2.75, 3.05) is 5.32 Å². The first-order valence-corrected chi connectivity index (χ1v) is 5.66. The second-order valence-electron chi connectivity index (χ2n) is 3.49. The van der Waals surface area contributed by atoms with Crippen LogP contribution in [0.4, 0.5) is 5.69 Å². The molecule has 0 aliphatic heterocycles. The van der Waals surface area contributed by atoms with Gasteiger partial charge in [-0.3, -0.25) is 9.78 Å². The van der Waals surface area contributed by atoms with Gasteiger partial charge in [0.05, 0.1) is 16.9 Å². The Labute approximate surface area is 104 Å². The number of pyridine rings is 1. The monoisotopic (exact) mass is 249 g/mol. The van der Waals surface area contributed by atoms with Crippen molar-refractivity contribution in [3.63, 3.8) is 0 Å². The van der Waals surface area contributed by atoms with Gasteiger partial charge < -0.3 is 9.88 Å². The van der Waals surface area contributed by atoms with Crippen molar-refractivity contribution in [1.82, 2.24) is 9.55 Å². The fourth-order valence-corrected chi connectivity index (χ4v) is 1.70. The molecule has 88 valence electrons. The number of anilines is 1. The van der Waals surface area contributed by atoms with E-state index in [2.05, 4.69) is 10.3 Å². The van der Waals surface area contributed by atoms with Gasteiger partial charge in [0.15, 0.2) is 0 Å². The molecule has 0 aliphatic carbocycles. The van der Waals surface area contributed by atoms with E-state index in [9.17, 15) is 4.79 Å². The number of carbonyl (C=O) groups excluding carboxylic acids is 1. The van der Waals surface area contributed by atoms with Gasteiger partial charge in [0, 0.05) is 18.9 Å². The van der Waals surface area contributed by atoms with Crippen LogP contribution in [0.1, 0.15) is 17.4 Å².